The smallest absolute Gasteiger partial charge is 0.0598 e. The monoisotopic (exact) mass is 194 g/mol. The van der Waals surface area contributed by atoms with Gasteiger partial charge in [-0.2, -0.15) is 0 Å². The van der Waals surface area contributed by atoms with Crippen molar-refractivity contribution in [3.05, 3.63) is 24.3 Å². The Morgan fingerprint density at radius 2 is 1.93 bits per heavy atom. The van der Waals surface area contributed by atoms with E-state index in [0.717, 1.165) is 6.61 Å². The van der Waals surface area contributed by atoms with Gasteiger partial charge in [0.15, 0.2) is 0 Å². The number of allylic oxidation sites excluding steroid dienone is 3. The van der Waals surface area contributed by atoms with E-state index in [4.69, 9.17) is 4.74 Å². The highest BCUT2D eigenvalue weighted by Crippen LogP contribution is 2.34. The molecule has 2 atom stereocenters. The van der Waals surface area contributed by atoms with Crippen molar-refractivity contribution >= 4 is 0 Å². The Balaban J connectivity index is 2.58. The van der Waals surface area contributed by atoms with Gasteiger partial charge in [-0.15, -0.1) is 0 Å². The molecule has 0 aliphatic heterocycles. The Bertz CT molecular complexity index is 244. The number of ether oxygens (including phenoxy) is 1. The lowest BCUT2D eigenvalue weighted by Crippen LogP contribution is -2.33. The van der Waals surface area contributed by atoms with Crippen molar-refractivity contribution in [2.45, 2.75) is 40.2 Å². The average Bonchev–Trinajstić information content (AvgIpc) is 2.06. The highest BCUT2D eigenvalue weighted by atomic mass is 16.5. The summed E-state index contributed by atoms with van der Waals surface area (Å²) < 4.78 is 5.86. The van der Waals surface area contributed by atoms with Gasteiger partial charge in [0.2, 0.25) is 0 Å². The summed E-state index contributed by atoms with van der Waals surface area (Å²) >= 11 is 0. The molecule has 0 saturated carbocycles. The summed E-state index contributed by atoms with van der Waals surface area (Å²) in [4.78, 5) is 0. The van der Waals surface area contributed by atoms with Crippen LogP contribution in [-0.4, -0.2) is 12.2 Å². The second-order valence-corrected chi connectivity index (χ2v) is 5.44. The van der Waals surface area contributed by atoms with Crippen LogP contribution in [0.15, 0.2) is 24.3 Å². The van der Waals surface area contributed by atoms with Crippen LogP contribution in [0.25, 0.3) is 0 Å². The van der Waals surface area contributed by atoms with Crippen LogP contribution in [0.5, 0.6) is 0 Å². The van der Waals surface area contributed by atoms with Crippen molar-refractivity contribution in [1.82, 2.24) is 0 Å². The fourth-order valence-electron chi connectivity index (χ4n) is 1.43. The molecule has 0 saturated heterocycles. The van der Waals surface area contributed by atoms with E-state index in [2.05, 4.69) is 58.9 Å². The molecule has 0 fully saturated rings. The molecule has 14 heavy (non-hydrogen) atoms. The highest BCUT2D eigenvalue weighted by Gasteiger charge is 2.30. The minimum Gasteiger partial charge on any atom is -0.375 e. The fourth-order valence-corrected chi connectivity index (χ4v) is 1.43. The zero-order valence-electron chi connectivity index (χ0n) is 10.0. The van der Waals surface area contributed by atoms with Gasteiger partial charge >= 0.3 is 0 Å². The third-order valence-electron chi connectivity index (χ3n) is 2.84. The van der Waals surface area contributed by atoms with Gasteiger partial charge in [0.1, 0.15) is 0 Å². The van der Waals surface area contributed by atoms with Gasteiger partial charge in [-0.05, 0) is 26.7 Å². The van der Waals surface area contributed by atoms with Gasteiger partial charge < -0.3 is 4.74 Å². The van der Waals surface area contributed by atoms with E-state index in [1.807, 2.05) is 0 Å². The van der Waals surface area contributed by atoms with Crippen molar-refractivity contribution in [2.75, 3.05) is 6.61 Å². The molecule has 1 heteroatoms. The summed E-state index contributed by atoms with van der Waals surface area (Å²) in [5.74, 6) is 0.551. The minimum atomic E-state index is -0.0439. The van der Waals surface area contributed by atoms with Crippen LogP contribution in [0.2, 0.25) is 0 Å². The first kappa shape index (κ1) is 11.5. The van der Waals surface area contributed by atoms with E-state index in [0.29, 0.717) is 5.92 Å². The van der Waals surface area contributed by atoms with Crippen molar-refractivity contribution < 1.29 is 4.74 Å². The summed E-state index contributed by atoms with van der Waals surface area (Å²) in [6.07, 6.45) is 8.73. The third-order valence-corrected chi connectivity index (χ3v) is 2.84. The normalized spacial score (nSPS) is 32.2. The summed E-state index contributed by atoms with van der Waals surface area (Å²) in [5.41, 5.74) is 0.111. The predicted molar refractivity (Wildman–Crippen MR) is 61.3 cm³/mol. The van der Waals surface area contributed by atoms with Crippen molar-refractivity contribution in [3.63, 3.8) is 0 Å². The molecule has 1 aliphatic carbocycles. The Labute approximate surface area is 87.8 Å². The molecule has 0 radical (unpaired) electrons. The van der Waals surface area contributed by atoms with Gasteiger partial charge in [-0.25, -0.2) is 0 Å². The Kier molecular flexibility index (Phi) is 3.20. The van der Waals surface area contributed by atoms with Crippen LogP contribution >= 0.6 is 0 Å². The Morgan fingerprint density at radius 1 is 1.29 bits per heavy atom. The van der Waals surface area contributed by atoms with Gasteiger partial charge in [0, 0.05) is 5.41 Å². The molecule has 0 amide bonds. The lowest BCUT2D eigenvalue weighted by Gasteiger charge is -2.35. The summed E-state index contributed by atoms with van der Waals surface area (Å²) in [7, 11) is 0. The molecule has 0 heterocycles. The zero-order valence-corrected chi connectivity index (χ0v) is 10.0. The highest BCUT2D eigenvalue weighted by molar-refractivity contribution is 5.18. The van der Waals surface area contributed by atoms with E-state index >= 15 is 0 Å². The van der Waals surface area contributed by atoms with E-state index < -0.39 is 0 Å². The molecular weight excluding hydrogens is 172 g/mol. The maximum atomic E-state index is 5.86. The molecule has 0 bridgehead atoms. The molecule has 80 valence electrons. The second kappa shape index (κ2) is 3.90. The minimum absolute atomic E-state index is 0.0439. The lowest BCUT2D eigenvalue weighted by molar-refractivity contribution is -0.0435. The van der Waals surface area contributed by atoms with Gasteiger partial charge in [0.05, 0.1) is 12.2 Å². The molecule has 0 N–H and O–H groups in total. The van der Waals surface area contributed by atoms with Gasteiger partial charge in [-0.3, -0.25) is 0 Å². The molecule has 0 aromatic carbocycles. The first-order chi connectivity index (χ1) is 6.33. The van der Waals surface area contributed by atoms with Crippen LogP contribution in [0, 0.1) is 11.3 Å². The number of hydrogen-bond acceptors (Lipinski definition) is 1. The van der Waals surface area contributed by atoms with Crippen molar-refractivity contribution in [3.8, 4) is 0 Å². The van der Waals surface area contributed by atoms with E-state index in [1.54, 1.807) is 0 Å². The first-order valence-electron chi connectivity index (χ1n) is 5.33. The number of rotatable bonds is 2. The quantitative estimate of drug-likeness (QED) is 0.653. The SMILES string of the molecule is CC1C=CC=CC1(C)COC(C)(C)C. The largest absolute Gasteiger partial charge is 0.375 e. The predicted octanol–water partition coefficient (Wildman–Crippen LogP) is 3.57. The topological polar surface area (TPSA) is 9.23 Å². The van der Waals surface area contributed by atoms with Crippen LogP contribution < -0.4 is 0 Å². The van der Waals surface area contributed by atoms with Gasteiger partial charge in [0.25, 0.3) is 0 Å². The Morgan fingerprint density at radius 3 is 2.43 bits per heavy atom. The lowest BCUT2D eigenvalue weighted by atomic mass is 9.76. The summed E-state index contributed by atoms with van der Waals surface area (Å²) in [6, 6.07) is 0. The molecule has 1 rings (SSSR count). The molecule has 0 aromatic heterocycles. The van der Waals surface area contributed by atoms with Crippen LogP contribution in [0.4, 0.5) is 0 Å². The Hall–Kier alpha value is -0.560. The molecule has 1 aliphatic rings. The standard InChI is InChI=1S/C13H22O/c1-11-8-6-7-9-13(11,5)10-14-12(2,3)4/h6-9,11H,10H2,1-5H3. The number of hydrogen-bond donors (Lipinski definition) is 0. The van der Waals surface area contributed by atoms with E-state index in [1.165, 1.54) is 0 Å². The molecular formula is C13H22O. The second-order valence-electron chi connectivity index (χ2n) is 5.44. The van der Waals surface area contributed by atoms with Crippen molar-refractivity contribution in [2.24, 2.45) is 11.3 Å². The van der Waals surface area contributed by atoms with Gasteiger partial charge in [-0.1, -0.05) is 38.2 Å². The maximum absolute atomic E-state index is 5.86. The van der Waals surface area contributed by atoms with Crippen molar-refractivity contribution in [1.29, 1.82) is 0 Å². The van der Waals surface area contributed by atoms with E-state index in [-0.39, 0.29) is 11.0 Å². The van der Waals surface area contributed by atoms with E-state index in [9.17, 15) is 0 Å². The first-order valence-corrected chi connectivity index (χ1v) is 5.33. The summed E-state index contributed by atoms with van der Waals surface area (Å²) in [6.45, 7) is 11.6. The summed E-state index contributed by atoms with van der Waals surface area (Å²) in [5, 5.41) is 0. The molecule has 0 spiro atoms. The zero-order chi connectivity index (χ0) is 10.8. The molecule has 1 nitrogen and oxygen atoms in total. The van der Waals surface area contributed by atoms with Crippen LogP contribution in [0.3, 0.4) is 0 Å². The fraction of sp³-hybridized carbons (Fsp3) is 0.692. The van der Waals surface area contributed by atoms with Crippen LogP contribution in [-0.2, 0) is 4.74 Å². The molecule has 2 unspecified atom stereocenters. The maximum Gasteiger partial charge on any atom is 0.0598 e. The molecule has 0 aromatic rings. The van der Waals surface area contributed by atoms with Crippen LogP contribution in [0.1, 0.15) is 34.6 Å². The third kappa shape index (κ3) is 2.98. The average molecular weight is 194 g/mol.